The van der Waals surface area contributed by atoms with Crippen molar-refractivity contribution in [1.29, 1.82) is 5.26 Å². The predicted octanol–water partition coefficient (Wildman–Crippen LogP) is 3.47. The van der Waals surface area contributed by atoms with Crippen LogP contribution in [0.3, 0.4) is 0 Å². The van der Waals surface area contributed by atoms with E-state index in [0.717, 1.165) is 44.9 Å². The molecule has 0 aromatic carbocycles. The van der Waals surface area contributed by atoms with Crippen molar-refractivity contribution < 1.29 is 4.79 Å². The number of hydrogen-bond acceptors (Lipinski definition) is 2. The number of amides is 1. The third kappa shape index (κ3) is 3.59. The third-order valence-corrected chi connectivity index (χ3v) is 4.47. The van der Waals surface area contributed by atoms with Crippen LogP contribution in [0.25, 0.3) is 0 Å². The average molecular weight is 260 g/mol. The summed E-state index contributed by atoms with van der Waals surface area (Å²) in [7, 11) is 0. The smallest absolute Gasteiger partial charge is 0.240 e. The van der Waals surface area contributed by atoms with Crippen LogP contribution in [-0.4, -0.2) is 12.5 Å². The quantitative estimate of drug-likeness (QED) is 0.621. The second kappa shape index (κ2) is 6.75. The molecule has 0 aliphatic heterocycles. The van der Waals surface area contributed by atoms with Gasteiger partial charge in [-0.05, 0) is 38.5 Å². The molecule has 0 atom stereocenters. The van der Waals surface area contributed by atoms with Crippen LogP contribution < -0.4 is 5.32 Å². The fraction of sp³-hybridized carbons (Fsp3) is 0.750. The average Bonchev–Trinajstić information content (AvgIpc) is 2.82. The first-order valence-electron chi connectivity index (χ1n) is 7.64. The normalized spacial score (nSPS) is 22.2. The second-order valence-corrected chi connectivity index (χ2v) is 5.87. The highest BCUT2D eigenvalue weighted by atomic mass is 16.2. The highest BCUT2D eigenvalue weighted by molar-refractivity contribution is 5.85. The highest BCUT2D eigenvalue weighted by Crippen LogP contribution is 2.34. The first-order chi connectivity index (χ1) is 9.27. The van der Waals surface area contributed by atoms with Gasteiger partial charge in [0, 0.05) is 6.54 Å². The Bertz CT molecular complexity index is 384. The van der Waals surface area contributed by atoms with Crippen molar-refractivity contribution in [3.05, 3.63) is 11.6 Å². The van der Waals surface area contributed by atoms with E-state index in [1.165, 1.54) is 24.8 Å². The van der Waals surface area contributed by atoms with Gasteiger partial charge >= 0.3 is 0 Å². The number of rotatable bonds is 4. The molecule has 0 aromatic rings. The molecule has 1 N–H and O–H groups in total. The van der Waals surface area contributed by atoms with E-state index in [0.29, 0.717) is 6.54 Å². The van der Waals surface area contributed by atoms with E-state index in [-0.39, 0.29) is 5.91 Å². The fourth-order valence-electron chi connectivity index (χ4n) is 3.19. The van der Waals surface area contributed by atoms with Crippen LogP contribution in [0.1, 0.15) is 64.2 Å². The zero-order valence-corrected chi connectivity index (χ0v) is 11.7. The molecule has 104 valence electrons. The van der Waals surface area contributed by atoms with Crippen LogP contribution in [0.5, 0.6) is 0 Å². The van der Waals surface area contributed by atoms with Gasteiger partial charge in [-0.3, -0.25) is 4.79 Å². The minimum Gasteiger partial charge on any atom is -0.354 e. The minimum absolute atomic E-state index is 0.0319. The fourth-order valence-corrected chi connectivity index (χ4v) is 3.19. The third-order valence-electron chi connectivity index (χ3n) is 4.47. The Morgan fingerprint density at radius 2 is 2.00 bits per heavy atom. The first kappa shape index (κ1) is 14.1. The topological polar surface area (TPSA) is 52.9 Å². The number of carbonyl (C=O) groups excluding carboxylic acids is 1. The Morgan fingerprint density at radius 1 is 1.26 bits per heavy atom. The lowest BCUT2D eigenvalue weighted by Crippen LogP contribution is -2.40. The summed E-state index contributed by atoms with van der Waals surface area (Å²) in [5, 5.41) is 12.4. The largest absolute Gasteiger partial charge is 0.354 e. The minimum atomic E-state index is -0.749. The van der Waals surface area contributed by atoms with Crippen LogP contribution >= 0.6 is 0 Å². The van der Waals surface area contributed by atoms with Gasteiger partial charge in [-0.25, -0.2) is 0 Å². The Kier molecular flexibility index (Phi) is 5.01. The second-order valence-electron chi connectivity index (χ2n) is 5.87. The summed E-state index contributed by atoms with van der Waals surface area (Å²) in [6, 6.07) is 2.31. The van der Waals surface area contributed by atoms with Crippen molar-refractivity contribution in [3.63, 3.8) is 0 Å². The molecular weight excluding hydrogens is 236 g/mol. The SMILES string of the molecule is N#CC1(C(=O)NCCC2=CCCC2)CCCCCC1. The van der Waals surface area contributed by atoms with E-state index >= 15 is 0 Å². The molecule has 3 heteroatoms. The molecule has 0 radical (unpaired) electrons. The monoisotopic (exact) mass is 260 g/mol. The maximum atomic E-state index is 12.3. The van der Waals surface area contributed by atoms with Crippen LogP contribution in [0.15, 0.2) is 11.6 Å². The van der Waals surface area contributed by atoms with Crippen LogP contribution in [-0.2, 0) is 4.79 Å². The number of carbonyl (C=O) groups is 1. The molecule has 2 aliphatic carbocycles. The summed E-state index contributed by atoms with van der Waals surface area (Å²) in [6.07, 6.45) is 12.7. The van der Waals surface area contributed by atoms with Gasteiger partial charge in [0.15, 0.2) is 0 Å². The lowest BCUT2D eigenvalue weighted by atomic mass is 9.81. The van der Waals surface area contributed by atoms with Gasteiger partial charge in [0.1, 0.15) is 5.41 Å². The highest BCUT2D eigenvalue weighted by Gasteiger charge is 2.38. The molecule has 0 aromatic heterocycles. The molecule has 0 heterocycles. The van der Waals surface area contributed by atoms with E-state index < -0.39 is 5.41 Å². The predicted molar refractivity (Wildman–Crippen MR) is 75.3 cm³/mol. The van der Waals surface area contributed by atoms with Gasteiger partial charge in [-0.15, -0.1) is 0 Å². The van der Waals surface area contributed by atoms with Crippen LogP contribution in [0.2, 0.25) is 0 Å². The molecule has 1 amide bonds. The Morgan fingerprint density at radius 3 is 2.58 bits per heavy atom. The lowest BCUT2D eigenvalue weighted by Gasteiger charge is -2.23. The van der Waals surface area contributed by atoms with Crippen molar-refractivity contribution in [1.82, 2.24) is 5.32 Å². The zero-order chi connectivity index (χ0) is 13.6. The van der Waals surface area contributed by atoms with Crippen molar-refractivity contribution >= 4 is 5.91 Å². The van der Waals surface area contributed by atoms with Gasteiger partial charge in [0.25, 0.3) is 0 Å². The molecule has 0 spiro atoms. The standard InChI is InChI=1S/C16H24N2O/c17-13-16(10-5-1-2-6-11-16)15(19)18-12-9-14-7-3-4-8-14/h7H,1-6,8-12H2,(H,18,19). The molecule has 0 unspecified atom stereocenters. The molecule has 2 aliphatic rings. The Balaban J connectivity index is 1.84. The van der Waals surface area contributed by atoms with Gasteiger partial charge in [-0.1, -0.05) is 37.3 Å². The van der Waals surface area contributed by atoms with E-state index in [1.807, 2.05) is 0 Å². The van der Waals surface area contributed by atoms with E-state index in [1.54, 1.807) is 0 Å². The molecule has 0 bridgehead atoms. The Hall–Kier alpha value is -1.30. The van der Waals surface area contributed by atoms with E-state index in [4.69, 9.17) is 0 Å². The summed E-state index contributed by atoms with van der Waals surface area (Å²) in [4.78, 5) is 12.3. The van der Waals surface area contributed by atoms with E-state index in [2.05, 4.69) is 17.5 Å². The van der Waals surface area contributed by atoms with Crippen molar-refractivity contribution in [2.45, 2.75) is 64.2 Å². The van der Waals surface area contributed by atoms with Crippen molar-refractivity contribution in [2.24, 2.45) is 5.41 Å². The van der Waals surface area contributed by atoms with Gasteiger partial charge < -0.3 is 5.32 Å². The van der Waals surface area contributed by atoms with E-state index in [9.17, 15) is 10.1 Å². The summed E-state index contributed by atoms with van der Waals surface area (Å²) in [6.45, 7) is 0.689. The zero-order valence-electron chi connectivity index (χ0n) is 11.7. The number of nitrogens with zero attached hydrogens (tertiary/aromatic N) is 1. The lowest BCUT2D eigenvalue weighted by molar-refractivity contribution is -0.128. The Labute approximate surface area is 116 Å². The number of hydrogen-bond donors (Lipinski definition) is 1. The molecule has 1 fully saturated rings. The number of allylic oxidation sites excluding steroid dienone is 1. The van der Waals surface area contributed by atoms with Gasteiger partial charge in [-0.2, -0.15) is 5.26 Å². The number of nitrogens with one attached hydrogen (secondary N) is 1. The molecule has 1 saturated carbocycles. The van der Waals surface area contributed by atoms with Gasteiger partial charge in [0.05, 0.1) is 6.07 Å². The summed E-state index contributed by atoms with van der Waals surface area (Å²) in [5.74, 6) is -0.0319. The van der Waals surface area contributed by atoms with Gasteiger partial charge in [0.2, 0.25) is 5.91 Å². The first-order valence-corrected chi connectivity index (χ1v) is 7.64. The van der Waals surface area contributed by atoms with Crippen LogP contribution in [0.4, 0.5) is 0 Å². The van der Waals surface area contributed by atoms with Crippen molar-refractivity contribution in [2.75, 3.05) is 6.54 Å². The number of nitriles is 1. The summed E-state index contributed by atoms with van der Waals surface area (Å²) in [5.41, 5.74) is 0.716. The maximum Gasteiger partial charge on any atom is 0.240 e. The summed E-state index contributed by atoms with van der Waals surface area (Å²) < 4.78 is 0. The molecule has 19 heavy (non-hydrogen) atoms. The van der Waals surface area contributed by atoms with Crippen LogP contribution in [0, 0.1) is 16.7 Å². The molecule has 3 nitrogen and oxygen atoms in total. The maximum absolute atomic E-state index is 12.3. The molecular formula is C16H24N2O. The molecule has 0 saturated heterocycles. The summed E-state index contributed by atoms with van der Waals surface area (Å²) >= 11 is 0. The molecule has 2 rings (SSSR count). The van der Waals surface area contributed by atoms with Crippen molar-refractivity contribution in [3.8, 4) is 6.07 Å².